The summed E-state index contributed by atoms with van der Waals surface area (Å²) in [6.07, 6.45) is -1.38. The fraction of sp³-hybridized carbons (Fsp3) is 0.133. The standard InChI is InChI=1S/C15H12F3N5/c1-9-6-10(7-20-13(9)19)14-21-8-23(22-14)12-4-2-11(3-5-12)15(16,17)18/h2-8H,1H3,(H2,19,20). The number of halogens is 3. The quantitative estimate of drug-likeness (QED) is 0.787. The average Bonchev–Trinajstić information content (AvgIpc) is 2.99. The number of nitrogens with two attached hydrogens (primary N) is 1. The minimum atomic E-state index is -4.36. The number of aryl methyl sites for hydroxylation is 1. The van der Waals surface area contributed by atoms with E-state index in [1.807, 2.05) is 6.92 Å². The molecule has 0 bridgehead atoms. The summed E-state index contributed by atoms with van der Waals surface area (Å²) in [6.45, 7) is 1.82. The van der Waals surface area contributed by atoms with Gasteiger partial charge in [-0.25, -0.2) is 14.6 Å². The average molecular weight is 319 g/mol. The highest BCUT2D eigenvalue weighted by Crippen LogP contribution is 2.29. The zero-order valence-electron chi connectivity index (χ0n) is 12.0. The number of nitrogens with zero attached hydrogens (tertiary/aromatic N) is 4. The SMILES string of the molecule is Cc1cc(-c2ncn(-c3ccc(C(F)(F)F)cc3)n2)cnc1N. The molecule has 0 saturated heterocycles. The number of aromatic nitrogens is 4. The summed E-state index contributed by atoms with van der Waals surface area (Å²) in [5, 5.41) is 4.26. The van der Waals surface area contributed by atoms with Gasteiger partial charge in [0.2, 0.25) is 0 Å². The molecule has 0 saturated carbocycles. The second-order valence-corrected chi connectivity index (χ2v) is 4.98. The van der Waals surface area contributed by atoms with Crippen LogP contribution >= 0.6 is 0 Å². The van der Waals surface area contributed by atoms with Crippen molar-refractivity contribution in [1.29, 1.82) is 0 Å². The molecule has 0 unspecified atom stereocenters. The molecule has 0 fully saturated rings. The lowest BCUT2D eigenvalue weighted by molar-refractivity contribution is -0.137. The first-order valence-electron chi connectivity index (χ1n) is 6.66. The Morgan fingerprint density at radius 2 is 1.78 bits per heavy atom. The summed E-state index contributed by atoms with van der Waals surface area (Å²) in [5.41, 5.74) is 6.92. The summed E-state index contributed by atoms with van der Waals surface area (Å²) in [7, 11) is 0. The molecular formula is C15H12F3N5. The van der Waals surface area contributed by atoms with Crippen molar-refractivity contribution in [3.8, 4) is 17.1 Å². The maximum atomic E-state index is 12.6. The number of alkyl halides is 3. The van der Waals surface area contributed by atoms with Gasteiger partial charge >= 0.3 is 6.18 Å². The van der Waals surface area contributed by atoms with Crippen LogP contribution in [0.3, 0.4) is 0 Å². The van der Waals surface area contributed by atoms with E-state index in [-0.39, 0.29) is 0 Å². The second-order valence-electron chi connectivity index (χ2n) is 4.98. The third-order valence-electron chi connectivity index (χ3n) is 3.33. The van der Waals surface area contributed by atoms with Crippen LogP contribution in [0.15, 0.2) is 42.9 Å². The van der Waals surface area contributed by atoms with Gasteiger partial charge in [0.05, 0.1) is 11.3 Å². The summed E-state index contributed by atoms with van der Waals surface area (Å²) in [5.74, 6) is 0.844. The molecule has 0 aliphatic rings. The first kappa shape index (κ1) is 15.0. The Morgan fingerprint density at radius 3 is 2.39 bits per heavy atom. The van der Waals surface area contributed by atoms with Gasteiger partial charge in [0, 0.05) is 11.8 Å². The number of hydrogen-bond acceptors (Lipinski definition) is 4. The third kappa shape index (κ3) is 3.01. The van der Waals surface area contributed by atoms with Gasteiger partial charge in [-0.05, 0) is 42.8 Å². The molecule has 23 heavy (non-hydrogen) atoms. The highest BCUT2D eigenvalue weighted by atomic mass is 19.4. The first-order chi connectivity index (χ1) is 10.8. The number of hydrogen-bond donors (Lipinski definition) is 1. The van der Waals surface area contributed by atoms with Crippen molar-refractivity contribution in [3.63, 3.8) is 0 Å². The molecule has 5 nitrogen and oxygen atoms in total. The van der Waals surface area contributed by atoms with Gasteiger partial charge in [-0.3, -0.25) is 0 Å². The fourth-order valence-electron chi connectivity index (χ4n) is 2.03. The maximum absolute atomic E-state index is 12.6. The lowest BCUT2D eigenvalue weighted by Crippen LogP contribution is -2.05. The van der Waals surface area contributed by atoms with Crippen molar-refractivity contribution in [1.82, 2.24) is 19.7 Å². The predicted molar refractivity (Wildman–Crippen MR) is 78.7 cm³/mol. The Kier molecular flexibility index (Phi) is 3.51. The highest BCUT2D eigenvalue weighted by Gasteiger charge is 2.30. The van der Waals surface area contributed by atoms with Gasteiger partial charge in [-0.2, -0.15) is 13.2 Å². The lowest BCUT2D eigenvalue weighted by atomic mass is 10.2. The fourth-order valence-corrected chi connectivity index (χ4v) is 2.03. The van der Waals surface area contributed by atoms with Crippen molar-refractivity contribution < 1.29 is 13.2 Å². The van der Waals surface area contributed by atoms with Crippen LogP contribution in [0.5, 0.6) is 0 Å². The molecule has 8 heteroatoms. The molecule has 0 atom stereocenters. The molecule has 2 N–H and O–H groups in total. The smallest absolute Gasteiger partial charge is 0.383 e. The Hall–Kier alpha value is -2.90. The van der Waals surface area contributed by atoms with Gasteiger partial charge in [-0.15, -0.1) is 5.10 Å². The van der Waals surface area contributed by atoms with E-state index in [2.05, 4.69) is 15.1 Å². The van der Waals surface area contributed by atoms with Crippen LogP contribution in [-0.4, -0.2) is 19.7 Å². The normalized spacial score (nSPS) is 11.7. The minimum absolute atomic E-state index is 0.417. The number of pyridine rings is 1. The molecule has 3 rings (SSSR count). The molecule has 118 valence electrons. The highest BCUT2D eigenvalue weighted by molar-refractivity contribution is 5.58. The molecule has 0 aliphatic heterocycles. The van der Waals surface area contributed by atoms with Crippen molar-refractivity contribution in [2.24, 2.45) is 0 Å². The Bertz CT molecular complexity index is 837. The van der Waals surface area contributed by atoms with Gasteiger partial charge in [-0.1, -0.05) is 0 Å². The van der Waals surface area contributed by atoms with Crippen molar-refractivity contribution in [2.75, 3.05) is 5.73 Å². The van der Waals surface area contributed by atoms with E-state index >= 15 is 0 Å². The van der Waals surface area contributed by atoms with Crippen LogP contribution in [0, 0.1) is 6.92 Å². The largest absolute Gasteiger partial charge is 0.416 e. The van der Waals surface area contributed by atoms with Crippen molar-refractivity contribution >= 4 is 5.82 Å². The van der Waals surface area contributed by atoms with Crippen LogP contribution in [-0.2, 0) is 6.18 Å². The van der Waals surface area contributed by atoms with Gasteiger partial charge in [0.1, 0.15) is 12.1 Å². The number of nitrogen functional groups attached to an aromatic ring is 1. The molecule has 0 aliphatic carbocycles. The Balaban J connectivity index is 1.91. The van der Waals surface area contributed by atoms with E-state index in [1.165, 1.54) is 23.1 Å². The zero-order chi connectivity index (χ0) is 16.6. The van der Waals surface area contributed by atoms with Crippen LogP contribution < -0.4 is 5.73 Å². The predicted octanol–water partition coefficient (Wildman–Crippen LogP) is 3.24. The Morgan fingerprint density at radius 1 is 1.09 bits per heavy atom. The Labute approximate surface area is 129 Å². The van der Waals surface area contributed by atoms with Crippen LogP contribution in [0.1, 0.15) is 11.1 Å². The van der Waals surface area contributed by atoms with E-state index in [0.29, 0.717) is 22.9 Å². The summed E-state index contributed by atoms with van der Waals surface area (Å²) in [4.78, 5) is 8.19. The molecule has 2 heterocycles. The lowest BCUT2D eigenvalue weighted by Gasteiger charge is -2.07. The van der Waals surface area contributed by atoms with Crippen molar-refractivity contribution in [3.05, 3.63) is 54.0 Å². The van der Waals surface area contributed by atoms with Gasteiger partial charge in [0.15, 0.2) is 5.82 Å². The molecule has 0 spiro atoms. The van der Waals surface area contributed by atoms with E-state index in [4.69, 9.17) is 5.73 Å². The summed E-state index contributed by atoms with van der Waals surface area (Å²) >= 11 is 0. The monoisotopic (exact) mass is 319 g/mol. The van der Waals surface area contributed by atoms with E-state index in [1.54, 1.807) is 12.3 Å². The molecule has 3 aromatic rings. The minimum Gasteiger partial charge on any atom is -0.383 e. The summed E-state index contributed by atoms with van der Waals surface area (Å²) in [6, 6.07) is 6.49. The number of anilines is 1. The van der Waals surface area contributed by atoms with Crippen LogP contribution in [0.25, 0.3) is 17.1 Å². The van der Waals surface area contributed by atoms with E-state index < -0.39 is 11.7 Å². The van der Waals surface area contributed by atoms with Crippen LogP contribution in [0.2, 0.25) is 0 Å². The van der Waals surface area contributed by atoms with Crippen molar-refractivity contribution in [2.45, 2.75) is 13.1 Å². The second kappa shape index (κ2) is 5.38. The topological polar surface area (TPSA) is 69.6 Å². The van der Waals surface area contributed by atoms with Gasteiger partial charge in [0.25, 0.3) is 0 Å². The molecule has 0 amide bonds. The van der Waals surface area contributed by atoms with Crippen LogP contribution in [0.4, 0.5) is 19.0 Å². The zero-order valence-corrected chi connectivity index (χ0v) is 12.0. The van der Waals surface area contributed by atoms with E-state index in [9.17, 15) is 13.2 Å². The third-order valence-corrected chi connectivity index (χ3v) is 3.33. The molecule has 0 radical (unpaired) electrons. The maximum Gasteiger partial charge on any atom is 0.416 e. The number of benzene rings is 1. The number of rotatable bonds is 2. The molecule has 2 aromatic heterocycles. The molecule has 1 aromatic carbocycles. The first-order valence-corrected chi connectivity index (χ1v) is 6.66. The van der Waals surface area contributed by atoms with Gasteiger partial charge < -0.3 is 5.73 Å². The molecular weight excluding hydrogens is 307 g/mol. The van der Waals surface area contributed by atoms with E-state index in [0.717, 1.165) is 17.7 Å². The summed E-state index contributed by atoms with van der Waals surface area (Å²) < 4.78 is 39.1.